The number of hydrogen-bond donors (Lipinski definition) is 1. The lowest BCUT2D eigenvalue weighted by Crippen LogP contribution is -2.45. The minimum atomic E-state index is -0.0636. The molecule has 0 spiro atoms. The van der Waals surface area contributed by atoms with E-state index >= 15 is 0 Å². The third-order valence-corrected chi connectivity index (χ3v) is 4.53. The summed E-state index contributed by atoms with van der Waals surface area (Å²) in [6, 6.07) is 0.351. The van der Waals surface area contributed by atoms with Crippen molar-refractivity contribution < 1.29 is 9.59 Å². The topological polar surface area (TPSA) is 66.6 Å². The molecule has 21 heavy (non-hydrogen) atoms. The molecule has 1 rings (SSSR count). The van der Waals surface area contributed by atoms with E-state index in [0.717, 1.165) is 25.7 Å². The smallest absolute Gasteiger partial charge is 0.242 e. The summed E-state index contributed by atoms with van der Waals surface area (Å²) in [6.07, 6.45) is 7.48. The lowest BCUT2D eigenvalue weighted by Gasteiger charge is -2.32. The molecule has 1 unspecified atom stereocenters. The predicted molar refractivity (Wildman–Crippen MR) is 84.7 cm³/mol. The molecule has 122 valence electrons. The van der Waals surface area contributed by atoms with Crippen LogP contribution in [0.5, 0.6) is 0 Å². The summed E-state index contributed by atoms with van der Waals surface area (Å²) >= 11 is 0. The van der Waals surface area contributed by atoms with E-state index in [1.165, 1.54) is 19.3 Å². The molecule has 5 nitrogen and oxygen atoms in total. The van der Waals surface area contributed by atoms with Crippen molar-refractivity contribution in [1.29, 1.82) is 0 Å². The van der Waals surface area contributed by atoms with E-state index in [0.29, 0.717) is 12.6 Å². The summed E-state index contributed by atoms with van der Waals surface area (Å²) in [6.45, 7) is 2.69. The van der Waals surface area contributed by atoms with Crippen LogP contribution in [0.15, 0.2) is 0 Å². The van der Waals surface area contributed by atoms with Gasteiger partial charge in [-0.3, -0.25) is 9.59 Å². The van der Waals surface area contributed by atoms with Crippen LogP contribution in [0.25, 0.3) is 0 Å². The molecule has 0 saturated heterocycles. The van der Waals surface area contributed by atoms with Gasteiger partial charge in [0.15, 0.2) is 0 Å². The van der Waals surface area contributed by atoms with Crippen LogP contribution in [0.1, 0.15) is 51.9 Å². The number of nitrogens with zero attached hydrogens (tertiary/aromatic N) is 2. The van der Waals surface area contributed by atoms with E-state index in [1.807, 2.05) is 18.9 Å². The normalized spacial score (nSPS) is 17.3. The van der Waals surface area contributed by atoms with Gasteiger partial charge in [0.05, 0.1) is 6.54 Å². The van der Waals surface area contributed by atoms with E-state index in [4.69, 9.17) is 5.73 Å². The fraction of sp³-hybridized carbons (Fsp3) is 0.875. The standard InChI is InChI=1S/C16H31N3O2/c1-13(8-7-11-17)16(21)18(2)12-15(20)19(3)14-9-5-4-6-10-14/h13-14H,4-12,17H2,1-3H3. The molecule has 0 bridgehead atoms. The molecule has 5 heteroatoms. The Labute approximate surface area is 128 Å². The van der Waals surface area contributed by atoms with Crippen molar-refractivity contribution >= 4 is 11.8 Å². The first-order valence-corrected chi connectivity index (χ1v) is 8.18. The first-order chi connectivity index (χ1) is 9.97. The zero-order valence-electron chi connectivity index (χ0n) is 13.8. The van der Waals surface area contributed by atoms with Gasteiger partial charge >= 0.3 is 0 Å². The summed E-state index contributed by atoms with van der Waals surface area (Å²) in [5.74, 6) is 0.0176. The molecule has 2 amide bonds. The fourth-order valence-corrected chi connectivity index (χ4v) is 2.99. The maximum Gasteiger partial charge on any atom is 0.242 e. The van der Waals surface area contributed by atoms with Crippen molar-refractivity contribution in [3.63, 3.8) is 0 Å². The summed E-state index contributed by atoms with van der Waals surface area (Å²) in [5, 5.41) is 0. The van der Waals surface area contributed by atoms with Crippen molar-refractivity contribution in [2.24, 2.45) is 11.7 Å². The van der Waals surface area contributed by atoms with Crippen LogP contribution in [0.4, 0.5) is 0 Å². The number of likely N-dealkylation sites (N-methyl/N-ethyl adjacent to an activating group) is 2. The zero-order chi connectivity index (χ0) is 15.8. The molecule has 0 radical (unpaired) electrons. The number of carbonyl (C=O) groups is 2. The number of carbonyl (C=O) groups excluding carboxylic acids is 2. The number of rotatable bonds is 7. The first kappa shape index (κ1) is 18.0. The van der Waals surface area contributed by atoms with Gasteiger partial charge in [-0.05, 0) is 32.2 Å². The Morgan fingerprint density at radius 1 is 1.19 bits per heavy atom. The second-order valence-corrected chi connectivity index (χ2v) is 6.32. The summed E-state index contributed by atoms with van der Waals surface area (Å²) < 4.78 is 0. The Morgan fingerprint density at radius 2 is 1.81 bits per heavy atom. The van der Waals surface area contributed by atoms with Crippen LogP contribution in [0.2, 0.25) is 0 Å². The first-order valence-electron chi connectivity index (χ1n) is 8.18. The third kappa shape index (κ3) is 5.65. The number of amides is 2. The van der Waals surface area contributed by atoms with E-state index in [2.05, 4.69) is 0 Å². The third-order valence-electron chi connectivity index (χ3n) is 4.53. The lowest BCUT2D eigenvalue weighted by atomic mass is 9.94. The van der Waals surface area contributed by atoms with Gasteiger partial charge in [-0.1, -0.05) is 26.2 Å². The maximum absolute atomic E-state index is 12.3. The Kier molecular flexibility index (Phi) is 7.72. The van der Waals surface area contributed by atoms with Crippen LogP contribution in [-0.2, 0) is 9.59 Å². The second-order valence-electron chi connectivity index (χ2n) is 6.32. The summed E-state index contributed by atoms with van der Waals surface area (Å²) in [5.41, 5.74) is 5.47. The minimum absolute atomic E-state index is 0.0360. The molecule has 0 aliphatic heterocycles. The molecule has 0 aromatic rings. The van der Waals surface area contributed by atoms with Gasteiger partial charge in [0.1, 0.15) is 0 Å². The fourth-order valence-electron chi connectivity index (χ4n) is 2.99. The molecule has 0 aromatic carbocycles. The van der Waals surface area contributed by atoms with Crippen molar-refractivity contribution in [3.05, 3.63) is 0 Å². The number of hydrogen-bond acceptors (Lipinski definition) is 3. The van der Waals surface area contributed by atoms with E-state index < -0.39 is 0 Å². The van der Waals surface area contributed by atoms with E-state index in [9.17, 15) is 9.59 Å². The highest BCUT2D eigenvalue weighted by molar-refractivity contribution is 5.85. The van der Waals surface area contributed by atoms with Crippen molar-refractivity contribution in [3.8, 4) is 0 Å². The van der Waals surface area contributed by atoms with Crippen LogP contribution in [0, 0.1) is 5.92 Å². The van der Waals surface area contributed by atoms with Gasteiger partial charge in [-0.2, -0.15) is 0 Å². The van der Waals surface area contributed by atoms with Gasteiger partial charge in [-0.15, -0.1) is 0 Å². The van der Waals surface area contributed by atoms with Crippen LogP contribution < -0.4 is 5.73 Å². The molecule has 1 atom stereocenters. The Morgan fingerprint density at radius 3 is 2.38 bits per heavy atom. The molecular weight excluding hydrogens is 266 g/mol. The lowest BCUT2D eigenvalue weighted by molar-refractivity contribution is -0.142. The Balaban J connectivity index is 2.43. The average Bonchev–Trinajstić information content (AvgIpc) is 2.51. The van der Waals surface area contributed by atoms with E-state index in [1.54, 1.807) is 11.9 Å². The quantitative estimate of drug-likeness (QED) is 0.776. The van der Waals surface area contributed by atoms with Crippen LogP contribution in [0.3, 0.4) is 0 Å². The van der Waals surface area contributed by atoms with Gasteiger partial charge in [0.25, 0.3) is 0 Å². The molecule has 1 fully saturated rings. The predicted octanol–water partition coefficient (Wildman–Crippen LogP) is 1.61. The van der Waals surface area contributed by atoms with Gasteiger partial charge in [0.2, 0.25) is 11.8 Å². The maximum atomic E-state index is 12.3. The van der Waals surface area contributed by atoms with E-state index in [-0.39, 0.29) is 24.3 Å². The Bertz CT molecular complexity index is 340. The van der Waals surface area contributed by atoms with Gasteiger partial charge in [-0.25, -0.2) is 0 Å². The van der Waals surface area contributed by atoms with Gasteiger partial charge < -0.3 is 15.5 Å². The van der Waals surface area contributed by atoms with Crippen LogP contribution >= 0.6 is 0 Å². The number of nitrogens with two attached hydrogens (primary N) is 1. The summed E-state index contributed by atoms with van der Waals surface area (Å²) in [4.78, 5) is 27.9. The zero-order valence-corrected chi connectivity index (χ0v) is 13.8. The average molecular weight is 297 g/mol. The molecular formula is C16H31N3O2. The van der Waals surface area contributed by atoms with Crippen molar-refractivity contribution in [2.75, 3.05) is 27.2 Å². The van der Waals surface area contributed by atoms with Crippen molar-refractivity contribution in [1.82, 2.24) is 9.80 Å². The largest absolute Gasteiger partial charge is 0.341 e. The molecule has 1 aliphatic rings. The minimum Gasteiger partial charge on any atom is -0.341 e. The van der Waals surface area contributed by atoms with Crippen molar-refractivity contribution in [2.45, 2.75) is 57.9 Å². The molecule has 1 saturated carbocycles. The molecule has 0 aromatic heterocycles. The molecule has 0 heterocycles. The highest BCUT2D eigenvalue weighted by Gasteiger charge is 2.25. The highest BCUT2D eigenvalue weighted by Crippen LogP contribution is 2.21. The van der Waals surface area contributed by atoms with Gasteiger partial charge in [0, 0.05) is 26.1 Å². The molecule has 2 N–H and O–H groups in total. The summed E-state index contributed by atoms with van der Waals surface area (Å²) in [7, 11) is 3.59. The van der Waals surface area contributed by atoms with Crippen LogP contribution in [-0.4, -0.2) is 54.8 Å². The monoisotopic (exact) mass is 297 g/mol. The SMILES string of the molecule is CC(CCCN)C(=O)N(C)CC(=O)N(C)C1CCCCC1. The molecule has 1 aliphatic carbocycles. The highest BCUT2D eigenvalue weighted by atomic mass is 16.2. The Hall–Kier alpha value is -1.10. The second kappa shape index (κ2) is 9.03.